The number of sulfonamides is 1. The van der Waals surface area contributed by atoms with E-state index in [4.69, 9.17) is 4.74 Å². The third kappa shape index (κ3) is 5.75. The Kier molecular flexibility index (Phi) is 8.17. The number of esters is 1. The van der Waals surface area contributed by atoms with Crippen molar-refractivity contribution < 1.29 is 22.3 Å². The molecule has 1 aromatic carbocycles. The Morgan fingerprint density at radius 3 is 2.04 bits per heavy atom. The van der Waals surface area contributed by atoms with Gasteiger partial charge in [0, 0.05) is 18.1 Å². The van der Waals surface area contributed by atoms with E-state index in [1.54, 1.807) is 13.8 Å². The lowest BCUT2D eigenvalue weighted by molar-refractivity contribution is -0.147. The van der Waals surface area contributed by atoms with Gasteiger partial charge in [0.25, 0.3) is 0 Å². The van der Waals surface area contributed by atoms with Crippen LogP contribution in [0.2, 0.25) is 0 Å². The Bertz CT molecular complexity index is 682. The van der Waals surface area contributed by atoms with Gasteiger partial charge in [-0.15, -0.1) is 0 Å². The van der Waals surface area contributed by atoms with Crippen molar-refractivity contribution in [3.8, 4) is 0 Å². The van der Waals surface area contributed by atoms with Gasteiger partial charge in [-0.1, -0.05) is 0 Å². The first kappa shape index (κ1) is 22.5. The van der Waals surface area contributed by atoms with Gasteiger partial charge in [-0.3, -0.25) is 9.69 Å². The first-order valence-corrected chi connectivity index (χ1v) is 10.2. The summed E-state index contributed by atoms with van der Waals surface area (Å²) in [6.45, 7) is 11.5. The molecule has 0 spiro atoms. The monoisotopic (exact) mass is 388 g/mol. The topological polar surface area (TPSA) is 75.7 Å². The van der Waals surface area contributed by atoms with Gasteiger partial charge in [0.2, 0.25) is 10.0 Å². The molecular weight excluding hydrogens is 359 g/mol. The molecule has 0 fully saturated rings. The van der Waals surface area contributed by atoms with E-state index in [2.05, 4.69) is 4.72 Å². The number of carbonyl (C=O) groups excluding carboxylic acids is 1. The van der Waals surface area contributed by atoms with E-state index in [0.717, 1.165) is 24.3 Å². The number of hydrogen-bond acceptors (Lipinski definition) is 5. The average Bonchev–Trinajstić information content (AvgIpc) is 2.52. The molecule has 0 bridgehead atoms. The van der Waals surface area contributed by atoms with Gasteiger partial charge in [0.05, 0.1) is 11.5 Å². The highest BCUT2D eigenvalue weighted by molar-refractivity contribution is 7.89. The summed E-state index contributed by atoms with van der Waals surface area (Å²) < 4.78 is 45.9. The van der Waals surface area contributed by atoms with Crippen molar-refractivity contribution in [1.82, 2.24) is 9.62 Å². The molecule has 0 aliphatic carbocycles. The van der Waals surface area contributed by atoms with Gasteiger partial charge in [0.1, 0.15) is 11.9 Å². The largest absolute Gasteiger partial charge is 0.465 e. The second kappa shape index (κ2) is 9.43. The Labute approximate surface area is 155 Å². The van der Waals surface area contributed by atoms with Crippen molar-refractivity contribution in [2.24, 2.45) is 0 Å². The van der Waals surface area contributed by atoms with Crippen molar-refractivity contribution >= 4 is 16.0 Å². The molecule has 1 aromatic rings. The fraction of sp³-hybridized carbons (Fsp3) is 0.611. The van der Waals surface area contributed by atoms with Crippen LogP contribution >= 0.6 is 0 Å². The van der Waals surface area contributed by atoms with Crippen molar-refractivity contribution in [3.05, 3.63) is 30.1 Å². The van der Waals surface area contributed by atoms with Crippen molar-refractivity contribution in [2.45, 2.75) is 70.6 Å². The highest BCUT2D eigenvalue weighted by atomic mass is 32.2. The number of benzene rings is 1. The molecule has 0 saturated heterocycles. The summed E-state index contributed by atoms with van der Waals surface area (Å²) in [6.07, 6.45) is 0. The number of nitrogens with one attached hydrogen (secondary N) is 1. The van der Waals surface area contributed by atoms with E-state index in [1.807, 2.05) is 32.6 Å². The molecule has 0 aliphatic rings. The molecular formula is C18H29FN2O4S. The summed E-state index contributed by atoms with van der Waals surface area (Å²) in [5, 5.41) is 0. The van der Waals surface area contributed by atoms with Crippen LogP contribution in [-0.4, -0.2) is 50.1 Å². The number of hydrogen-bond donors (Lipinski definition) is 1. The first-order chi connectivity index (χ1) is 12.0. The SMILES string of the molecule is CCOC(=O)C(NS(=O)(=O)c1ccc(F)cc1)C(C)N(C(C)C)C(C)C. The lowest BCUT2D eigenvalue weighted by Crippen LogP contribution is -2.58. The minimum Gasteiger partial charge on any atom is -0.465 e. The fourth-order valence-electron chi connectivity index (χ4n) is 3.13. The van der Waals surface area contributed by atoms with Gasteiger partial charge in [-0.05, 0) is 65.8 Å². The summed E-state index contributed by atoms with van der Waals surface area (Å²) in [5.41, 5.74) is 0. The lowest BCUT2D eigenvalue weighted by Gasteiger charge is -2.39. The molecule has 0 aromatic heterocycles. The van der Waals surface area contributed by atoms with Crippen LogP contribution in [-0.2, 0) is 19.6 Å². The maximum Gasteiger partial charge on any atom is 0.325 e. The molecule has 2 atom stereocenters. The summed E-state index contributed by atoms with van der Waals surface area (Å²) in [7, 11) is -4.01. The number of ether oxygens (including phenoxy) is 1. The van der Waals surface area contributed by atoms with E-state index < -0.39 is 33.9 Å². The minimum absolute atomic E-state index is 0.0947. The Hall–Kier alpha value is -1.51. The van der Waals surface area contributed by atoms with Crippen LogP contribution in [0.15, 0.2) is 29.2 Å². The predicted molar refractivity (Wildman–Crippen MR) is 98.7 cm³/mol. The fourth-order valence-corrected chi connectivity index (χ4v) is 4.39. The Balaban J connectivity index is 3.21. The van der Waals surface area contributed by atoms with Crippen LogP contribution < -0.4 is 4.72 Å². The quantitative estimate of drug-likeness (QED) is 0.658. The molecule has 26 heavy (non-hydrogen) atoms. The second-order valence-electron chi connectivity index (χ2n) is 6.68. The second-order valence-corrected chi connectivity index (χ2v) is 8.39. The zero-order valence-corrected chi connectivity index (χ0v) is 17.0. The molecule has 6 nitrogen and oxygen atoms in total. The van der Waals surface area contributed by atoms with Crippen LogP contribution in [0.5, 0.6) is 0 Å². The van der Waals surface area contributed by atoms with Crippen LogP contribution in [0.4, 0.5) is 4.39 Å². The van der Waals surface area contributed by atoms with Crippen LogP contribution in [0.1, 0.15) is 41.5 Å². The molecule has 0 amide bonds. The third-order valence-electron chi connectivity index (χ3n) is 4.09. The van der Waals surface area contributed by atoms with Gasteiger partial charge in [-0.2, -0.15) is 4.72 Å². The van der Waals surface area contributed by atoms with E-state index in [9.17, 15) is 17.6 Å². The van der Waals surface area contributed by atoms with E-state index in [0.29, 0.717) is 0 Å². The maximum absolute atomic E-state index is 13.1. The van der Waals surface area contributed by atoms with Crippen molar-refractivity contribution in [3.63, 3.8) is 0 Å². The molecule has 1 rings (SSSR count). The zero-order chi connectivity index (χ0) is 20.1. The molecule has 0 radical (unpaired) electrons. The standard InChI is InChI=1S/C18H29FN2O4S/c1-7-25-18(22)17(14(6)21(12(2)3)13(4)5)20-26(23,24)16-10-8-15(19)9-11-16/h8-14,17,20H,7H2,1-6H3. The smallest absolute Gasteiger partial charge is 0.325 e. The van der Waals surface area contributed by atoms with E-state index in [-0.39, 0.29) is 23.6 Å². The predicted octanol–water partition coefficient (Wildman–Crippen LogP) is 2.54. The lowest BCUT2D eigenvalue weighted by atomic mass is 10.1. The molecule has 0 saturated carbocycles. The molecule has 8 heteroatoms. The normalized spacial score (nSPS) is 14.7. The van der Waals surface area contributed by atoms with E-state index >= 15 is 0 Å². The highest BCUT2D eigenvalue weighted by Crippen LogP contribution is 2.18. The third-order valence-corrected chi connectivity index (χ3v) is 5.55. The Morgan fingerprint density at radius 2 is 1.62 bits per heavy atom. The summed E-state index contributed by atoms with van der Waals surface area (Å²) in [4.78, 5) is 14.4. The number of rotatable bonds is 9. The van der Waals surface area contributed by atoms with Gasteiger partial charge < -0.3 is 4.74 Å². The average molecular weight is 389 g/mol. The zero-order valence-electron chi connectivity index (χ0n) is 16.2. The van der Waals surface area contributed by atoms with Crippen molar-refractivity contribution in [1.29, 1.82) is 0 Å². The molecule has 0 heterocycles. The summed E-state index contributed by atoms with van der Waals surface area (Å²) in [6, 6.07) is 3.10. The minimum atomic E-state index is -4.01. The van der Waals surface area contributed by atoms with Crippen LogP contribution in [0.25, 0.3) is 0 Å². The van der Waals surface area contributed by atoms with Gasteiger partial charge in [-0.25, -0.2) is 12.8 Å². The molecule has 0 aliphatic heterocycles. The number of nitrogens with zero attached hydrogens (tertiary/aromatic N) is 1. The van der Waals surface area contributed by atoms with Gasteiger partial charge in [0.15, 0.2) is 0 Å². The summed E-state index contributed by atoms with van der Waals surface area (Å²) >= 11 is 0. The molecule has 2 unspecified atom stereocenters. The molecule has 1 N–H and O–H groups in total. The number of carbonyl (C=O) groups is 1. The van der Waals surface area contributed by atoms with Crippen LogP contribution in [0.3, 0.4) is 0 Å². The van der Waals surface area contributed by atoms with Gasteiger partial charge >= 0.3 is 5.97 Å². The highest BCUT2D eigenvalue weighted by Gasteiger charge is 2.36. The van der Waals surface area contributed by atoms with E-state index in [1.165, 1.54) is 0 Å². The maximum atomic E-state index is 13.1. The Morgan fingerprint density at radius 1 is 1.12 bits per heavy atom. The summed E-state index contributed by atoms with van der Waals surface area (Å²) in [5.74, 6) is -1.18. The van der Waals surface area contributed by atoms with Crippen molar-refractivity contribution in [2.75, 3.05) is 6.61 Å². The first-order valence-electron chi connectivity index (χ1n) is 8.73. The molecule has 148 valence electrons. The number of halogens is 1. The van der Waals surface area contributed by atoms with Crippen LogP contribution in [0, 0.1) is 5.82 Å².